The van der Waals surface area contributed by atoms with Gasteiger partial charge in [-0.2, -0.15) is 5.26 Å². The fourth-order valence-electron chi connectivity index (χ4n) is 3.50. The lowest BCUT2D eigenvalue weighted by Gasteiger charge is -2.35. The van der Waals surface area contributed by atoms with Crippen LogP contribution in [0.1, 0.15) is 49.6 Å². The van der Waals surface area contributed by atoms with Crippen molar-refractivity contribution in [1.82, 2.24) is 9.88 Å². The van der Waals surface area contributed by atoms with Gasteiger partial charge >= 0.3 is 0 Å². The molecule has 0 spiro atoms. The first-order valence-corrected chi connectivity index (χ1v) is 8.85. The minimum atomic E-state index is 0.239. The van der Waals surface area contributed by atoms with Crippen LogP contribution in [0.2, 0.25) is 0 Å². The minimum absolute atomic E-state index is 0.239. The summed E-state index contributed by atoms with van der Waals surface area (Å²) in [4.78, 5) is 20.7. The van der Waals surface area contributed by atoms with Gasteiger partial charge in [-0.1, -0.05) is 12.2 Å². The van der Waals surface area contributed by atoms with Crippen LogP contribution in [0.25, 0.3) is 0 Å². The molecule has 1 saturated heterocycles. The first kappa shape index (κ1) is 15.3. The first-order chi connectivity index (χ1) is 11.7. The Bertz CT molecular complexity index is 690. The van der Waals surface area contributed by atoms with Crippen LogP contribution >= 0.6 is 0 Å². The molecule has 6 nitrogen and oxygen atoms in total. The predicted octanol–water partition coefficient (Wildman–Crippen LogP) is 2.43. The second kappa shape index (κ2) is 6.31. The lowest BCUT2D eigenvalue weighted by atomic mass is 10.0. The number of allylic oxidation sites excluding steroid dienone is 2. The number of amides is 1. The maximum Gasteiger partial charge on any atom is 0.234 e. The predicted molar refractivity (Wildman–Crippen MR) is 88.5 cm³/mol. The normalized spacial score (nSPS) is 23.5. The van der Waals surface area contributed by atoms with Gasteiger partial charge in [-0.05, 0) is 31.6 Å². The van der Waals surface area contributed by atoms with E-state index in [2.05, 4.69) is 28.1 Å². The molecule has 6 heteroatoms. The number of nitriles is 1. The van der Waals surface area contributed by atoms with Crippen LogP contribution in [0.4, 0.5) is 5.88 Å². The molecule has 1 aromatic rings. The number of anilines is 1. The number of rotatable bonds is 4. The molecule has 4 rings (SSSR count). The van der Waals surface area contributed by atoms with Gasteiger partial charge in [0.2, 0.25) is 23.4 Å². The van der Waals surface area contributed by atoms with E-state index in [4.69, 9.17) is 4.42 Å². The Kier molecular flexibility index (Phi) is 4.01. The van der Waals surface area contributed by atoms with Crippen molar-refractivity contribution in [3.05, 3.63) is 23.7 Å². The fourth-order valence-corrected chi connectivity index (χ4v) is 3.50. The van der Waals surface area contributed by atoms with Crippen molar-refractivity contribution < 1.29 is 9.21 Å². The third-order valence-corrected chi connectivity index (χ3v) is 5.13. The SMILES string of the molecule is N#Cc1nc(C2CC2)oc1N1CCN(C(=O)C[C@H]2C=CCC2)CC1. The average Bonchev–Trinajstić information content (AvgIpc) is 3.17. The Hall–Kier alpha value is -2.29. The standard InChI is InChI=1S/C18H22N4O2/c19-12-15-18(24-17(20-15)14-5-6-14)22-9-7-21(8-10-22)16(23)11-13-3-1-2-4-13/h1,3,13-14H,2,4-11H2/t13-/m0/s1. The fraction of sp³-hybridized carbons (Fsp3) is 0.611. The maximum atomic E-state index is 12.4. The largest absolute Gasteiger partial charge is 0.423 e. The molecule has 0 N–H and O–H groups in total. The maximum absolute atomic E-state index is 12.4. The molecule has 0 bridgehead atoms. The Morgan fingerprint density at radius 2 is 2.08 bits per heavy atom. The Balaban J connectivity index is 1.36. The number of aromatic nitrogens is 1. The third-order valence-electron chi connectivity index (χ3n) is 5.13. The molecule has 2 aliphatic carbocycles. The molecule has 1 aliphatic heterocycles. The van der Waals surface area contributed by atoms with E-state index in [0.717, 1.165) is 25.7 Å². The molecular weight excluding hydrogens is 304 g/mol. The highest BCUT2D eigenvalue weighted by molar-refractivity contribution is 5.77. The van der Waals surface area contributed by atoms with Crippen LogP contribution in [0, 0.1) is 17.2 Å². The molecule has 24 heavy (non-hydrogen) atoms. The topological polar surface area (TPSA) is 73.4 Å². The molecule has 0 radical (unpaired) electrons. The van der Waals surface area contributed by atoms with E-state index in [-0.39, 0.29) is 5.91 Å². The summed E-state index contributed by atoms with van der Waals surface area (Å²) >= 11 is 0. The first-order valence-electron chi connectivity index (χ1n) is 8.85. The summed E-state index contributed by atoms with van der Waals surface area (Å²) in [5, 5.41) is 9.29. The van der Waals surface area contributed by atoms with Gasteiger partial charge in [0.25, 0.3) is 0 Å². The van der Waals surface area contributed by atoms with Crippen LogP contribution in [-0.4, -0.2) is 42.0 Å². The number of oxazole rings is 1. The van der Waals surface area contributed by atoms with Crippen LogP contribution < -0.4 is 4.90 Å². The highest BCUT2D eigenvalue weighted by Gasteiger charge is 2.33. The van der Waals surface area contributed by atoms with E-state index in [0.29, 0.717) is 61.9 Å². The molecule has 0 aromatic carbocycles. The van der Waals surface area contributed by atoms with Crippen molar-refractivity contribution in [3.8, 4) is 6.07 Å². The number of nitrogens with zero attached hydrogens (tertiary/aromatic N) is 4. The summed E-state index contributed by atoms with van der Waals surface area (Å²) in [5.41, 5.74) is 0.382. The second-order valence-corrected chi connectivity index (χ2v) is 6.93. The molecule has 1 aromatic heterocycles. The van der Waals surface area contributed by atoms with Crippen molar-refractivity contribution in [1.29, 1.82) is 5.26 Å². The highest BCUT2D eigenvalue weighted by atomic mass is 16.4. The third kappa shape index (κ3) is 3.03. The smallest absolute Gasteiger partial charge is 0.234 e. The number of hydrogen-bond acceptors (Lipinski definition) is 5. The van der Waals surface area contributed by atoms with Gasteiger partial charge < -0.3 is 14.2 Å². The van der Waals surface area contributed by atoms with E-state index in [1.165, 1.54) is 0 Å². The second-order valence-electron chi connectivity index (χ2n) is 6.93. The van der Waals surface area contributed by atoms with Crippen LogP contribution in [0.3, 0.4) is 0 Å². The van der Waals surface area contributed by atoms with E-state index in [9.17, 15) is 10.1 Å². The summed E-state index contributed by atoms with van der Waals surface area (Å²) < 4.78 is 5.85. The monoisotopic (exact) mass is 326 g/mol. The summed E-state index contributed by atoms with van der Waals surface area (Å²) in [6.45, 7) is 2.75. The minimum Gasteiger partial charge on any atom is -0.423 e. The van der Waals surface area contributed by atoms with Crippen LogP contribution in [0.5, 0.6) is 0 Å². The number of carbonyl (C=O) groups is 1. The van der Waals surface area contributed by atoms with Gasteiger partial charge in [-0.3, -0.25) is 4.79 Å². The molecular formula is C18H22N4O2. The zero-order chi connectivity index (χ0) is 16.5. The summed E-state index contributed by atoms with van der Waals surface area (Å²) in [7, 11) is 0. The molecule has 1 amide bonds. The van der Waals surface area contributed by atoms with Crippen molar-refractivity contribution in [2.24, 2.45) is 5.92 Å². The molecule has 3 aliphatic rings. The molecule has 1 atom stereocenters. The lowest BCUT2D eigenvalue weighted by molar-refractivity contribution is -0.132. The average molecular weight is 326 g/mol. The Morgan fingerprint density at radius 1 is 1.29 bits per heavy atom. The van der Waals surface area contributed by atoms with Gasteiger partial charge in [0.1, 0.15) is 6.07 Å². The van der Waals surface area contributed by atoms with E-state index < -0.39 is 0 Å². The van der Waals surface area contributed by atoms with Crippen LogP contribution in [0.15, 0.2) is 16.6 Å². The summed E-state index contributed by atoms with van der Waals surface area (Å²) in [6, 6.07) is 2.14. The zero-order valence-electron chi connectivity index (χ0n) is 13.8. The van der Waals surface area contributed by atoms with E-state index in [1.54, 1.807) is 0 Å². The Morgan fingerprint density at radius 3 is 2.71 bits per heavy atom. The molecule has 1 saturated carbocycles. The van der Waals surface area contributed by atoms with Gasteiger partial charge in [-0.25, -0.2) is 4.98 Å². The van der Waals surface area contributed by atoms with Gasteiger partial charge in [-0.15, -0.1) is 0 Å². The summed E-state index contributed by atoms with van der Waals surface area (Å²) in [6.07, 6.45) is 9.35. The lowest BCUT2D eigenvalue weighted by Crippen LogP contribution is -2.49. The van der Waals surface area contributed by atoms with Gasteiger partial charge in [0, 0.05) is 38.5 Å². The van der Waals surface area contributed by atoms with Crippen molar-refractivity contribution in [2.45, 2.75) is 38.0 Å². The number of piperazine rings is 1. The molecule has 2 fully saturated rings. The molecule has 2 heterocycles. The van der Waals surface area contributed by atoms with Gasteiger partial charge in [0.15, 0.2) is 0 Å². The summed E-state index contributed by atoms with van der Waals surface area (Å²) in [5.74, 6) is 2.34. The number of carbonyl (C=O) groups excluding carboxylic acids is 1. The Labute approximate surface area is 141 Å². The quantitative estimate of drug-likeness (QED) is 0.795. The van der Waals surface area contributed by atoms with Crippen molar-refractivity contribution in [2.75, 3.05) is 31.1 Å². The molecule has 0 unspecified atom stereocenters. The van der Waals surface area contributed by atoms with Crippen molar-refractivity contribution >= 4 is 11.8 Å². The van der Waals surface area contributed by atoms with E-state index in [1.807, 2.05) is 4.90 Å². The van der Waals surface area contributed by atoms with E-state index >= 15 is 0 Å². The van der Waals surface area contributed by atoms with Gasteiger partial charge in [0.05, 0.1) is 0 Å². The highest BCUT2D eigenvalue weighted by Crippen LogP contribution is 2.41. The number of hydrogen-bond donors (Lipinski definition) is 0. The van der Waals surface area contributed by atoms with Crippen LogP contribution in [-0.2, 0) is 4.79 Å². The molecule has 126 valence electrons. The van der Waals surface area contributed by atoms with Crippen molar-refractivity contribution in [3.63, 3.8) is 0 Å². The zero-order valence-corrected chi connectivity index (χ0v) is 13.8.